The maximum absolute atomic E-state index is 13.1. The lowest BCUT2D eigenvalue weighted by Gasteiger charge is -2.36. The Morgan fingerprint density at radius 3 is 2.39 bits per heavy atom. The van der Waals surface area contributed by atoms with E-state index in [0.29, 0.717) is 16.5 Å². The molecule has 23 heavy (non-hydrogen) atoms. The third kappa shape index (κ3) is 5.10. The Labute approximate surface area is 141 Å². The molecular weight excluding hydrogens is 325 g/mol. The van der Waals surface area contributed by atoms with Crippen LogP contribution in [0.2, 0.25) is 5.02 Å². The van der Waals surface area contributed by atoms with E-state index in [1.54, 1.807) is 0 Å². The molecule has 1 aliphatic rings. The first-order valence-electron chi connectivity index (χ1n) is 8.10. The van der Waals surface area contributed by atoms with E-state index in [-0.39, 0.29) is 6.04 Å². The SMILES string of the molecule is CC(C)CC[C@@H](c1cc(C(F)(F)F)ccc1Cl)N1CCNCC1. The monoisotopic (exact) mass is 348 g/mol. The van der Waals surface area contributed by atoms with Crippen LogP contribution in [0.5, 0.6) is 0 Å². The number of piperazine rings is 1. The number of hydrogen-bond donors (Lipinski definition) is 1. The van der Waals surface area contributed by atoms with Gasteiger partial charge in [0.05, 0.1) is 5.56 Å². The highest BCUT2D eigenvalue weighted by molar-refractivity contribution is 6.31. The topological polar surface area (TPSA) is 15.3 Å². The van der Waals surface area contributed by atoms with Crippen LogP contribution in [0.4, 0.5) is 13.2 Å². The maximum atomic E-state index is 13.1. The van der Waals surface area contributed by atoms with Crippen molar-refractivity contribution in [3.63, 3.8) is 0 Å². The summed E-state index contributed by atoms with van der Waals surface area (Å²) in [6, 6.07) is 3.61. The van der Waals surface area contributed by atoms with Crippen LogP contribution >= 0.6 is 11.6 Å². The highest BCUT2D eigenvalue weighted by Gasteiger charge is 2.33. The Bertz CT molecular complexity index is 511. The molecule has 2 nitrogen and oxygen atoms in total. The summed E-state index contributed by atoms with van der Waals surface area (Å²) < 4.78 is 39.2. The molecule has 1 atom stereocenters. The van der Waals surface area contributed by atoms with Crippen molar-refractivity contribution in [2.24, 2.45) is 5.92 Å². The molecule has 6 heteroatoms. The van der Waals surface area contributed by atoms with Crippen molar-refractivity contribution < 1.29 is 13.2 Å². The molecule has 1 aromatic carbocycles. The number of rotatable bonds is 5. The fourth-order valence-corrected chi connectivity index (χ4v) is 3.24. The molecule has 1 aromatic rings. The van der Waals surface area contributed by atoms with Gasteiger partial charge in [-0.15, -0.1) is 0 Å². The van der Waals surface area contributed by atoms with Crippen LogP contribution in [0.15, 0.2) is 18.2 Å². The van der Waals surface area contributed by atoms with Gasteiger partial charge < -0.3 is 5.32 Å². The van der Waals surface area contributed by atoms with Crippen molar-refractivity contribution in [3.8, 4) is 0 Å². The van der Waals surface area contributed by atoms with Gasteiger partial charge in [0.15, 0.2) is 0 Å². The Hall–Kier alpha value is -0.780. The molecule has 1 fully saturated rings. The van der Waals surface area contributed by atoms with Crippen molar-refractivity contribution in [2.75, 3.05) is 26.2 Å². The van der Waals surface area contributed by atoms with Crippen LogP contribution in [-0.4, -0.2) is 31.1 Å². The van der Waals surface area contributed by atoms with Gasteiger partial charge in [0, 0.05) is 37.2 Å². The van der Waals surface area contributed by atoms with E-state index >= 15 is 0 Å². The maximum Gasteiger partial charge on any atom is 0.416 e. The van der Waals surface area contributed by atoms with E-state index in [4.69, 9.17) is 11.6 Å². The fraction of sp³-hybridized carbons (Fsp3) is 0.647. The second-order valence-corrected chi connectivity index (χ2v) is 6.91. The van der Waals surface area contributed by atoms with Crippen LogP contribution in [0.1, 0.15) is 43.9 Å². The van der Waals surface area contributed by atoms with E-state index < -0.39 is 11.7 Å². The minimum Gasteiger partial charge on any atom is -0.314 e. The van der Waals surface area contributed by atoms with E-state index in [2.05, 4.69) is 24.1 Å². The second kappa shape index (κ2) is 7.86. The van der Waals surface area contributed by atoms with E-state index in [1.165, 1.54) is 12.1 Å². The molecule has 1 N–H and O–H groups in total. The normalized spacial score (nSPS) is 18.4. The molecule has 1 saturated heterocycles. The molecule has 0 aromatic heterocycles. The van der Waals surface area contributed by atoms with Crippen molar-refractivity contribution >= 4 is 11.6 Å². The minimum atomic E-state index is -4.34. The van der Waals surface area contributed by atoms with Gasteiger partial charge in [0.25, 0.3) is 0 Å². The first-order chi connectivity index (χ1) is 10.8. The molecule has 1 heterocycles. The van der Waals surface area contributed by atoms with Crippen molar-refractivity contribution in [3.05, 3.63) is 34.3 Å². The lowest BCUT2D eigenvalue weighted by atomic mass is 9.94. The molecule has 130 valence electrons. The number of benzene rings is 1. The molecule has 0 aliphatic carbocycles. The van der Waals surface area contributed by atoms with Gasteiger partial charge in [0.2, 0.25) is 0 Å². The molecule has 0 amide bonds. The third-order valence-corrected chi connectivity index (χ3v) is 4.64. The Kier molecular flexibility index (Phi) is 6.34. The summed E-state index contributed by atoms with van der Waals surface area (Å²) in [7, 11) is 0. The fourth-order valence-electron chi connectivity index (χ4n) is 3.00. The van der Waals surface area contributed by atoms with Gasteiger partial charge in [-0.2, -0.15) is 13.2 Å². The van der Waals surface area contributed by atoms with Gasteiger partial charge in [0.1, 0.15) is 0 Å². The van der Waals surface area contributed by atoms with Gasteiger partial charge in [-0.05, 0) is 42.5 Å². The van der Waals surface area contributed by atoms with Crippen LogP contribution in [0.3, 0.4) is 0 Å². The first-order valence-corrected chi connectivity index (χ1v) is 8.48. The third-order valence-electron chi connectivity index (χ3n) is 4.29. The molecule has 0 bridgehead atoms. The standard InChI is InChI=1S/C17H24ClF3N2/c1-12(2)3-6-16(23-9-7-22-8-10-23)14-11-13(17(19,20)21)4-5-15(14)18/h4-5,11-12,16,22H,3,6-10H2,1-2H3/t16-/m0/s1. The van der Waals surface area contributed by atoms with Crippen LogP contribution in [-0.2, 0) is 6.18 Å². The summed E-state index contributed by atoms with van der Waals surface area (Å²) in [6.07, 6.45) is -2.56. The van der Waals surface area contributed by atoms with E-state index in [9.17, 15) is 13.2 Å². The quantitative estimate of drug-likeness (QED) is 0.826. The lowest BCUT2D eigenvalue weighted by molar-refractivity contribution is -0.137. The molecule has 1 aliphatic heterocycles. The number of halogens is 4. The van der Waals surface area contributed by atoms with Crippen molar-refractivity contribution in [1.82, 2.24) is 10.2 Å². The summed E-state index contributed by atoms with van der Waals surface area (Å²) in [5.41, 5.74) is -0.0226. The predicted octanol–water partition coefficient (Wildman–Crippen LogP) is 4.74. The van der Waals surface area contributed by atoms with Crippen LogP contribution in [0, 0.1) is 5.92 Å². The number of nitrogens with one attached hydrogen (secondary N) is 1. The zero-order chi connectivity index (χ0) is 17.0. The molecule has 0 unspecified atom stereocenters. The number of hydrogen-bond acceptors (Lipinski definition) is 2. The Morgan fingerprint density at radius 2 is 1.83 bits per heavy atom. The second-order valence-electron chi connectivity index (χ2n) is 6.51. The summed E-state index contributed by atoms with van der Waals surface area (Å²) in [5.74, 6) is 0.505. The Morgan fingerprint density at radius 1 is 1.17 bits per heavy atom. The van der Waals surface area contributed by atoms with Gasteiger partial charge in [-0.1, -0.05) is 25.4 Å². The minimum absolute atomic E-state index is 0.0608. The number of nitrogens with zero attached hydrogens (tertiary/aromatic N) is 1. The molecule has 0 spiro atoms. The Balaban J connectivity index is 2.32. The largest absolute Gasteiger partial charge is 0.416 e. The zero-order valence-corrected chi connectivity index (χ0v) is 14.3. The summed E-state index contributed by atoms with van der Waals surface area (Å²) in [5, 5.41) is 3.70. The predicted molar refractivity (Wildman–Crippen MR) is 87.7 cm³/mol. The lowest BCUT2D eigenvalue weighted by Crippen LogP contribution is -2.45. The highest BCUT2D eigenvalue weighted by atomic mass is 35.5. The van der Waals surface area contributed by atoms with E-state index in [1.807, 2.05) is 0 Å². The number of alkyl halides is 3. The average Bonchev–Trinajstić information content (AvgIpc) is 2.48. The van der Waals surface area contributed by atoms with Gasteiger partial charge in [-0.3, -0.25) is 4.90 Å². The van der Waals surface area contributed by atoms with Crippen molar-refractivity contribution in [2.45, 2.75) is 38.9 Å². The summed E-state index contributed by atoms with van der Waals surface area (Å²) >= 11 is 6.27. The smallest absolute Gasteiger partial charge is 0.314 e. The highest BCUT2D eigenvalue weighted by Crippen LogP contribution is 2.37. The first kappa shape index (κ1) is 18.6. The molecule has 2 rings (SSSR count). The summed E-state index contributed by atoms with van der Waals surface area (Å²) in [6.45, 7) is 7.62. The average molecular weight is 349 g/mol. The molecule has 0 saturated carbocycles. The van der Waals surface area contributed by atoms with Crippen LogP contribution < -0.4 is 5.32 Å². The van der Waals surface area contributed by atoms with E-state index in [0.717, 1.165) is 45.1 Å². The van der Waals surface area contributed by atoms with Gasteiger partial charge in [-0.25, -0.2) is 0 Å². The molecule has 0 radical (unpaired) electrons. The van der Waals surface area contributed by atoms with Gasteiger partial charge >= 0.3 is 6.18 Å². The van der Waals surface area contributed by atoms with Crippen molar-refractivity contribution in [1.29, 1.82) is 0 Å². The molecular formula is C17H24ClF3N2. The van der Waals surface area contributed by atoms with Crippen LogP contribution in [0.25, 0.3) is 0 Å². The summed E-state index contributed by atoms with van der Waals surface area (Å²) in [4.78, 5) is 2.25. The zero-order valence-electron chi connectivity index (χ0n) is 13.6.